The van der Waals surface area contributed by atoms with Crippen molar-refractivity contribution in [3.63, 3.8) is 0 Å². The zero-order valence-corrected chi connectivity index (χ0v) is 25.1. The van der Waals surface area contributed by atoms with E-state index in [0.717, 1.165) is 73.6 Å². The highest BCUT2D eigenvalue weighted by atomic mass is 35.5. The standard InChI is InChI=1S/C31H34ClFN4O4S/c1-42(38,39)20-21-5-8-29-28(15-21)34-30(37(29)17-25-11-14-40-25)18-36-12-9-22(10-13-36)27-3-2-4-31(35-27)41-19-23-6-7-24(32)16-26(23)33/h2-8,15-16,22,25H,9-14,17-20H2,1H3. The Kier molecular flexibility index (Phi) is 8.49. The second-order valence-corrected chi connectivity index (χ2v) is 13.9. The lowest BCUT2D eigenvalue weighted by molar-refractivity contribution is -0.0592. The summed E-state index contributed by atoms with van der Waals surface area (Å²) in [6.45, 7) is 4.12. The van der Waals surface area contributed by atoms with Crippen LogP contribution in [0.4, 0.5) is 4.39 Å². The lowest BCUT2D eigenvalue weighted by Crippen LogP contribution is -2.35. The molecule has 0 aliphatic carbocycles. The maximum absolute atomic E-state index is 14.1. The molecular formula is C31H34ClFN4O4S. The number of fused-ring (bicyclic) bond motifs is 1. The fourth-order valence-electron chi connectivity index (χ4n) is 5.69. The molecule has 0 saturated carbocycles. The molecule has 4 aromatic rings. The molecule has 0 radical (unpaired) electrons. The van der Waals surface area contributed by atoms with Crippen LogP contribution in [0.5, 0.6) is 5.88 Å². The smallest absolute Gasteiger partial charge is 0.213 e. The highest BCUT2D eigenvalue weighted by Gasteiger charge is 2.26. The van der Waals surface area contributed by atoms with Gasteiger partial charge < -0.3 is 14.0 Å². The minimum atomic E-state index is -3.13. The molecule has 1 unspecified atom stereocenters. The fraction of sp³-hybridized carbons (Fsp3) is 0.419. The van der Waals surface area contributed by atoms with Gasteiger partial charge in [-0.25, -0.2) is 22.8 Å². The summed E-state index contributed by atoms with van der Waals surface area (Å²) in [5.74, 6) is 1.36. The van der Waals surface area contributed by atoms with Gasteiger partial charge in [0.25, 0.3) is 0 Å². The zero-order valence-electron chi connectivity index (χ0n) is 23.5. The first-order valence-corrected chi connectivity index (χ1v) is 16.7. The lowest BCUT2D eigenvalue weighted by atomic mass is 9.93. The number of nitrogens with zero attached hydrogens (tertiary/aromatic N) is 4. The highest BCUT2D eigenvalue weighted by Crippen LogP contribution is 2.30. The molecule has 0 bridgehead atoms. The summed E-state index contributed by atoms with van der Waals surface area (Å²) in [4.78, 5) is 12.1. The van der Waals surface area contributed by atoms with Gasteiger partial charge in [-0.3, -0.25) is 4.90 Å². The van der Waals surface area contributed by atoms with Gasteiger partial charge in [0.05, 0.1) is 36.0 Å². The topological polar surface area (TPSA) is 86.5 Å². The molecule has 222 valence electrons. The monoisotopic (exact) mass is 612 g/mol. The number of aromatic nitrogens is 3. The summed E-state index contributed by atoms with van der Waals surface area (Å²) in [5.41, 5.74) is 3.99. The van der Waals surface area contributed by atoms with Crippen molar-refractivity contribution in [3.05, 3.63) is 88.1 Å². The Labute approximate surface area is 250 Å². The quantitative estimate of drug-likeness (QED) is 0.233. The number of rotatable bonds is 10. The molecule has 2 aromatic carbocycles. The third-order valence-electron chi connectivity index (χ3n) is 8.01. The van der Waals surface area contributed by atoms with Crippen LogP contribution < -0.4 is 4.74 Å². The van der Waals surface area contributed by atoms with E-state index >= 15 is 0 Å². The number of hydrogen-bond acceptors (Lipinski definition) is 7. The van der Waals surface area contributed by atoms with Gasteiger partial charge in [-0.05, 0) is 68.2 Å². The Morgan fingerprint density at radius 1 is 1.07 bits per heavy atom. The minimum Gasteiger partial charge on any atom is -0.473 e. The van der Waals surface area contributed by atoms with Gasteiger partial charge in [0.1, 0.15) is 18.2 Å². The summed E-state index contributed by atoms with van der Waals surface area (Å²) in [5, 5.41) is 0.353. The Hall–Kier alpha value is -3.05. The van der Waals surface area contributed by atoms with E-state index in [1.54, 1.807) is 18.2 Å². The van der Waals surface area contributed by atoms with Crippen LogP contribution in [0.1, 0.15) is 47.8 Å². The second kappa shape index (κ2) is 12.3. The van der Waals surface area contributed by atoms with Crippen molar-refractivity contribution in [3.8, 4) is 5.88 Å². The van der Waals surface area contributed by atoms with E-state index in [9.17, 15) is 12.8 Å². The normalized spacial score (nSPS) is 18.3. The number of piperidine rings is 1. The number of benzene rings is 2. The van der Waals surface area contributed by atoms with Gasteiger partial charge in [0, 0.05) is 41.1 Å². The maximum Gasteiger partial charge on any atom is 0.213 e. The van der Waals surface area contributed by atoms with Crippen LogP contribution in [0.3, 0.4) is 0 Å². The van der Waals surface area contributed by atoms with Crippen LogP contribution in [0.25, 0.3) is 11.0 Å². The van der Waals surface area contributed by atoms with Crippen molar-refractivity contribution >= 4 is 32.5 Å². The average molecular weight is 613 g/mol. The number of hydrogen-bond donors (Lipinski definition) is 0. The predicted octanol–water partition coefficient (Wildman–Crippen LogP) is 5.52. The van der Waals surface area contributed by atoms with E-state index < -0.39 is 15.7 Å². The molecule has 4 heterocycles. The summed E-state index contributed by atoms with van der Waals surface area (Å²) in [7, 11) is -3.13. The van der Waals surface area contributed by atoms with Crippen LogP contribution in [-0.2, 0) is 40.0 Å². The summed E-state index contributed by atoms with van der Waals surface area (Å²) in [6.07, 6.45) is 4.36. The van der Waals surface area contributed by atoms with E-state index in [4.69, 9.17) is 31.0 Å². The number of imidazole rings is 1. The maximum atomic E-state index is 14.1. The van der Waals surface area contributed by atoms with Crippen molar-refractivity contribution in [1.82, 2.24) is 19.4 Å². The van der Waals surface area contributed by atoms with Crippen LogP contribution in [-0.4, -0.2) is 59.9 Å². The van der Waals surface area contributed by atoms with Gasteiger partial charge in [-0.2, -0.15) is 0 Å². The Morgan fingerprint density at radius 2 is 1.88 bits per heavy atom. The van der Waals surface area contributed by atoms with Gasteiger partial charge in [0.15, 0.2) is 9.84 Å². The van der Waals surface area contributed by atoms with E-state index in [1.807, 2.05) is 30.3 Å². The fourth-order valence-corrected chi connectivity index (χ4v) is 6.63. The molecule has 11 heteroatoms. The van der Waals surface area contributed by atoms with Gasteiger partial charge in [-0.15, -0.1) is 0 Å². The first-order chi connectivity index (χ1) is 20.2. The lowest BCUT2D eigenvalue weighted by Gasteiger charge is -2.32. The first kappa shape index (κ1) is 29.0. The Morgan fingerprint density at radius 3 is 2.60 bits per heavy atom. The third kappa shape index (κ3) is 6.94. The predicted molar refractivity (Wildman–Crippen MR) is 160 cm³/mol. The molecule has 2 aromatic heterocycles. The van der Waals surface area contributed by atoms with Crippen molar-refractivity contribution in [2.45, 2.75) is 56.7 Å². The molecule has 1 atom stereocenters. The highest BCUT2D eigenvalue weighted by molar-refractivity contribution is 7.89. The number of pyridine rings is 1. The number of ether oxygens (including phenoxy) is 2. The van der Waals surface area contributed by atoms with E-state index in [1.165, 1.54) is 12.3 Å². The summed E-state index contributed by atoms with van der Waals surface area (Å²) in [6, 6.07) is 16.1. The van der Waals surface area contributed by atoms with Gasteiger partial charge >= 0.3 is 0 Å². The van der Waals surface area contributed by atoms with E-state index in [-0.39, 0.29) is 18.5 Å². The zero-order chi connectivity index (χ0) is 29.3. The number of likely N-dealkylation sites (tertiary alicyclic amines) is 1. The van der Waals surface area contributed by atoms with E-state index in [0.29, 0.717) is 28.9 Å². The second-order valence-electron chi connectivity index (χ2n) is 11.3. The Balaban J connectivity index is 1.11. The van der Waals surface area contributed by atoms with Crippen molar-refractivity contribution in [2.24, 2.45) is 0 Å². The summed E-state index contributed by atoms with van der Waals surface area (Å²) < 4.78 is 51.6. The largest absolute Gasteiger partial charge is 0.473 e. The molecule has 0 amide bonds. The molecule has 8 nitrogen and oxygen atoms in total. The molecule has 42 heavy (non-hydrogen) atoms. The van der Waals surface area contributed by atoms with Gasteiger partial charge in [0.2, 0.25) is 5.88 Å². The van der Waals surface area contributed by atoms with Crippen LogP contribution in [0.15, 0.2) is 54.6 Å². The van der Waals surface area contributed by atoms with Gasteiger partial charge in [-0.1, -0.05) is 29.8 Å². The molecule has 2 saturated heterocycles. The molecule has 6 rings (SSSR count). The molecule has 2 aliphatic rings. The first-order valence-electron chi connectivity index (χ1n) is 14.2. The number of sulfone groups is 1. The van der Waals surface area contributed by atoms with E-state index in [2.05, 4.69) is 9.47 Å². The molecule has 2 aliphatic heterocycles. The minimum absolute atomic E-state index is 0.00265. The van der Waals surface area contributed by atoms with Crippen molar-refractivity contribution in [1.29, 1.82) is 0 Å². The van der Waals surface area contributed by atoms with Crippen molar-refractivity contribution in [2.75, 3.05) is 26.0 Å². The van der Waals surface area contributed by atoms with Crippen LogP contribution in [0.2, 0.25) is 5.02 Å². The molecule has 2 fully saturated rings. The average Bonchev–Trinajstić information content (AvgIpc) is 3.25. The van der Waals surface area contributed by atoms with Crippen LogP contribution >= 0.6 is 11.6 Å². The number of halogens is 2. The Bertz CT molecular complexity index is 1680. The molecule has 0 N–H and O–H groups in total. The van der Waals surface area contributed by atoms with Crippen LogP contribution in [0, 0.1) is 5.82 Å². The molecular weight excluding hydrogens is 579 g/mol. The molecule has 0 spiro atoms. The SMILES string of the molecule is CS(=O)(=O)Cc1ccc2c(c1)nc(CN1CCC(c3cccc(OCc4ccc(Cl)cc4F)n3)CC1)n2CC1CCO1. The summed E-state index contributed by atoms with van der Waals surface area (Å²) >= 11 is 5.85. The third-order valence-corrected chi connectivity index (χ3v) is 9.10. The van der Waals surface area contributed by atoms with Crippen molar-refractivity contribution < 1.29 is 22.3 Å².